The molecule has 1 fully saturated rings. The fraction of sp³-hybridized carbons (Fsp3) is 0.333. The summed E-state index contributed by atoms with van der Waals surface area (Å²) < 4.78 is 5.33. The summed E-state index contributed by atoms with van der Waals surface area (Å²) >= 11 is 0. The molecule has 0 aliphatic carbocycles. The van der Waals surface area contributed by atoms with Gasteiger partial charge in [-0.2, -0.15) is 0 Å². The van der Waals surface area contributed by atoms with Gasteiger partial charge in [0, 0.05) is 44.5 Å². The number of nitrogens with one attached hydrogen (secondary N) is 2. The molecular formula is C21H26N4O3. The van der Waals surface area contributed by atoms with Crippen LogP contribution in [0.2, 0.25) is 0 Å². The zero-order valence-electron chi connectivity index (χ0n) is 16.5. The highest BCUT2D eigenvalue weighted by Gasteiger charge is 2.22. The lowest BCUT2D eigenvalue weighted by Gasteiger charge is -2.36. The quantitative estimate of drug-likeness (QED) is 0.851. The molecule has 1 aliphatic heterocycles. The molecule has 0 aromatic heterocycles. The van der Waals surface area contributed by atoms with Gasteiger partial charge in [0.05, 0.1) is 12.8 Å². The van der Waals surface area contributed by atoms with Crippen molar-refractivity contribution in [2.45, 2.75) is 13.8 Å². The number of methoxy groups -OCH3 is 1. The zero-order valence-corrected chi connectivity index (χ0v) is 16.5. The van der Waals surface area contributed by atoms with Crippen LogP contribution in [-0.4, -0.2) is 50.1 Å². The molecule has 3 amide bonds. The van der Waals surface area contributed by atoms with E-state index < -0.39 is 0 Å². The van der Waals surface area contributed by atoms with E-state index in [1.807, 2.05) is 54.3 Å². The topological polar surface area (TPSA) is 73.9 Å². The first-order valence-corrected chi connectivity index (χ1v) is 9.29. The molecule has 1 heterocycles. The van der Waals surface area contributed by atoms with E-state index in [1.165, 1.54) is 6.92 Å². The first-order chi connectivity index (χ1) is 13.5. The second-order valence-corrected chi connectivity index (χ2v) is 6.84. The van der Waals surface area contributed by atoms with E-state index in [-0.39, 0.29) is 11.9 Å². The lowest BCUT2D eigenvalue weighted by Crippen LogP contribution is -2.50. The second-order valence-electron chi connectivity index (χ2n) is 6.84. The largest absolute Gasteiger partial charge is 0.495 e. The Bertz CT molecular complexity index is 843. The van der Waals surface area contributed by atoms with E-state index >= 15 is 0 Å². The lowest BCUT2D eigenvalue weighted by atomic mass is 10.2. The summed E-state index contributed by atoms with van der Waals surface area (Å²) in [6.45, 7) is 6.23. The predicted octanol–water partition coefficient (Wildman–Crippen LogP) is 3.32. The van der Waals surface area contributed by atoms with Gasteiger partial charge in [-0.15, -0.1) is 0 Å². The van der Waals surface area contributed by atoms with Gasteiger partial charge in [0.15, 0.2) is 0 Å². The van der Waals surface area contributed by atoms with Crippen molar-refractivity contribution in [3.05, 3.63) is 48.0 Å². The molecule has 28 heavy (non-hydrogen) atoms. The molecule has 0 radical (unpaired) electrons. The summed E-state index contributed by atoms with van der Waals surface area (Å²) in [6.07, 6.45) is 0. The number of aryl methyl sites for hydroxylation is 1. The number of ether oxygens (including phenoxy) is 1. The number of rotatable bonds is 4. The average molecular weight is 382 g/mol. The highest BCUT2D eigenvalue weighted by Crippen LogP contribution is 2.26. The predicted molar refractivity (Wildman–Crippen MR) is 111 cm³/mol. The van der Waals surface area contributed by atoms with Crippen LogP contribution in [0.15, 0.2) is 42.5 Å². The van der Waals surface area contributed by atoms with Crippen LogP contribution in [0, 0.1) is 6.92 Å². The van der Waals surface area contributed by atoms with Gasteiger partial charge in [-0.25, -0.2) is 4.79 Å². The number of piperazine rings is 1. The number of hydrogen-bond acceptors (Lipinski definition) is 4. The number of nitrogens with zero attached hydrogens (tertiary/aromatic N) is 2. The fourth-order valence-corrected chi connectivity index (χ4v) is 3.24. The maximum absolute atomic E-state index is 12.6. The molecule has 1 saturated heterocycles. The van der Waals surface area contributed by atoms with Crippen molar-refractivity contribution in [2.75, 3.05) is 48.8 Å². The molecule has 0 spiro atoms. The highest BCUT2D eigenvalue weighted by molar-refractivity contribution is 5.91. The maximum Gasteiger partial charge on any atom is 0.322 e. The van der Waals surface area contributed by atoms with E-state index in [1.54, 1.807) is 7.11 Å². The van der Waals surface area contributed by atoms with Gasteiger partial charge in [-0.3, -0.25) is 4.79 Å². The molecule has 2 aromatic rings. The summed E-state index contributed by atoms with van der Waals surface area (Å²) in [5.41, 5.74) is 3.60. The zero-order chi connectivity index (χ0) is 20.1. The third-order valence-corrected chi connectivity index (χ3v) is 4.72. The molecule has 1 aliphatic rings. The van der Waals surface area contributed by atoms with Crippen LogP contribution < -0.4 is 20.3 Å². The summed E-state index contributed by atoms with van der Waals surface area (Å²) in [5.74, 6) is 0.564. The Balaban J connectivity index is 1.57. The van der Waals surface area contributed by atoms with Gasteiger partial charge in [0.2, 0.25) is 5.91 Å². The van der Waals surface area contributed by atoms with Crippen molar-refractivity contribution in [1.29, 1.82) is 0 Å². The van der Waals surface area contributed by atoms with Crippen molar-refractivity contribution in [1.82, 2.24) is 4.90 Å². The number of amides is 3. The minimum atomic E-state index is -0.121. The summed E-state index contributed by atoms with van der Waals surface area (Å²) in [5, 5.41) is 5.72. The third kappa shape index (κ3) is 4.73. The normalized spacial score (nSPS) is 13.8. The Morgan fingerprint density at radius 1 is 0.964 bits per heavy atom. The van der Waals surface area contributed by atoms with Crippen molar-refractivity contribution >= 4 is 29.0 Å². The van der Waals surface area contributed by atoms with Crippen molar-refractivity contribution in [3.8, 4) is 5.75 Å². The Labute approximate surface area is 165 Å². The summed E-state index contributed by atoms with van der Waals surface area (Å²) in [4.78, 5) is 27.8. The molecule has 0 bridgehead atoms. The molecule has 0 saturated carbocycles. The average Bonchev–Trinajstić information content (AvgIpc) is 2.68. The van der Waals surface area contributed by atoms with Crippen LogP contribution in [0.1, 0.15) is 12.5 Å². The minimum Gasteiger partial charge on any atom is -0.495 e. The first kappa shape index (κ1) is 19.5. The first-order valence-electron chi connectivity index (χ1n) is 9.29. The van der Waals surface area contributed by atoms with Crippen molar-refractivity contribution in [3.63, 3.8) is 0 Å². The second kappa shape index (κ2) is 8.65. The Morgan fingerprint density at radius 3 is 2.25 bits per heavy atom. The molecular weight excluding hydrogens is 356 g/mol. The molecule has 7 nitrogen and oxygen atoms in total. The molecule has 0 unspecified atom stereocenters. The maximum atomic E-state index is 12.6. The van der Waals surface area contributed by atoms with Gasteiger partial charge in [0.25, 0.3) is 0 Å². The number of urea groups is 1. The number of carbonyl (C=O) groups is 2. The molecule has 7 heteroatoms. The van der Waals surface area contributed by atoms with E-state index in [0.29, 0.717) is 24.5 Å². The third-order valence-electron chi connectivity index (χ3n) is 4.72. The molecule has 148 valence electrons. The van der Waals surface area contributed by atoms with Gasteiger partial charge in [-0.1, -0.05) is 6.07 Å². The van der Waals surface area contributed by atoms with Crippen LogP contribution >= 0.6 is 0 Å². The van der Waals surface area contributed by atoms with E-state index in [9.17, 15) is 9.59 Å². The smallest absolute Gasteiger partial charge is 0.322 e. The summed E-state index contributed by atoms with van der Waals surface area (Å²) in [6, 6.07) is 13.3. The number of benzene rings is 2. The van der Waals surface area contributed by atoms with Crippen LogP contribution in [-0.2, 0) is 4.79 Å². The lowest BCUT2D eigenvalue weighted by molar-refractivity contribution is -0.114. The minimum absolute atomic E-state index is 0.0855. The number of carbonyl (C=O) groups excluding carboxylic acids is 2. The molecule has 2 aromatic carbocycles. The SMILES string of the molecule is COc1ccc(C)cc1NC(=O)N1CCN(c2ccc(NC(C)=O)cc2)CC1. The van der Waals surface area contributed by atoms with Crippen LogP contribution in [0.25, 0.3) is 0 Å². The van der Waals surface area contributed by atoms with Gasteiger partial charge in [0.1, 0.15) is 5.75 Å². The van der Waals surface area contributed by atoms with Gasteiger partial charge in [-0.05, 0) is 48.9 Å². The fourth-order valence-electron chi connectivity index (χ4n) is 3.24. The Morgan fingerprint density at radius 2 is 1.64 bits per heavy atom. The Kier molecular flexibility index (Phi) is 6.03. The molecule has 3 rings (SSSR count). The van der Waals surface area contributed by atoms with Crippen molar-refractivity contribution < 1.29 is 14.3 Å². The standard InChI is InChI=1S/C21H26N4O3/c1-15-4-9-20(28-3)19(14-15)23-21(27)25-12-10-24(11-13-25)18-7-5-17(6-8-18)22-16(2)26/h4-9,14H,10-13H2,1-3H3,(H,22,26)(H,23,27). The number of anilines is 3. The van der Waals surface area contributed by atoms with Crippen LogP contribution in [0.4, 0.5) is 21.9 Å². The van der Waals surface area contributed by atoms with Gasteiger partial charge >= 0.3 is 6.03 Å². The monoisotopic (exact) mass is 382 g/mol. The highest BCUT2D eigenvalue weighted by atomic mass is 16.5. The van der Waals surface area contributed by atoms with Gasteiger partial charge < -0.3 is 25.2 Å². The summed E-state index contributed by atoms with van der Waals surface area (Å²) in [7, 11) is 1.59. The molecule has 0 atom stereocenters. The number of hydrogen-bond donors (Lipinski definition) is 2. The van der Waals surface area contributed by atoms with Crippen LogP contribution in [0.5, 0.6) is 5.75 Å². The van der Waals surface area contributed by atoms with Crippen molar-refractivity contribution in [2.24, 2.45) is 0 Å². The van der Waals surface area contributed by atoms with E-state index in [4.69, 9.17) is 4.74 Å². The molecule has 2 N–H and O–H groups in total. The van der Waals surface area contributed by atoms with E-state index in [2.05, 4.69) is 15.5 Å². The van der Waals surface area contributed by atoms with E-state index in [0.717, 1.165) is 30.0 Å². The Hall–Kier alpha value is -3.22. The van der Waals surface area contributed by atoms with Crippen LogP contribution in [0.3, 0.4) is 0 Å².